The Morgan fingerprint density at radius 2 is 1.73 bits per heavy atom. The summed E-state index contributed by atoms with van der Waals surface area (Å²) in [4.78, 5) is 0. The molecule has 1 aromatic carbocycles. The molecule has 0 bridgehead atoms. The van der Waals surface area contributed by atoms with E-state index in [0.29, 0.717) is 0 Å². The normalized spacial score (nSPS) is 15.0. The van der Waals surface area contributed by atoms with Gasteiger partial charge in [0.1, 0.15) is 23.4 Å². The second kappa shape index (κ2) is 4.87. The van der Waals surface area contributed by atoms with Crippen LogP contribution in [-0.2, 0) is 0 Å². The molecule has 0 radical (unpaired) electrons. The number of aliphatic hydroxyl groups excluding tert-OH is 2. The van der Waals surface area contributed by atoms with Gasteiger partial charge in [0.15, 0.2) is 0 Å². The van der Waals surface area contributed by atoms with Crippen LogP contribution < -0.4 is 5.73 Å². The summed E-state index contributed by atoms with van der Waals surface area (Å²) >= 11 is 2.94. The summed E-state index contributed by atoms with van der Waals surface area (Å²) in [6.45, 7) is 0. The number of benzene rings is 1. The minimum atomic E-state index is -1.35. The second-order valence-electron chi connectivity index (χ2n) is 3.06. The highest BCUT2D eigenvalue weighted by atomic mass is 79.9. The van der Waals surface area contributed by atoms with Crippen LogP contribution in [0.1, 0.15) is 11.7 Å². The lowest BCUT2D eigenvalue weighted by molar-refractivity contribution is 0.0339. The Hall–Kier alpha value is -0.720. The molecule has 0 aromatic heterocycles. The van der Waals surface area contributed by atoms with Crippen LogP contribution in [0.4, 0.5) is 14.5 Å². The third-order valence-corrected chi connectivity index (χ3v) is 2.63. The molecule has 0 saturated carbocycles. The molecule has 2 unspecified atom stereocenters. The largest absolute Gasteiger partial charge is 0.394 e. The van der Waals surface area contributed by atoms with Gasteiger partial charge in [0, 0.05) is 5.33 Å². The molecule has 0 saturated heterocycles. The van der Waals surface area contributed by atoms with E-state index >= 15 is 0 Å². The fourth-order valence-electron chi connectivity index (χ4n) is 1.08. The van der Waals surface area contributed by atoms with Crippen molar-refractivity contribution in [1.29, 1.82) is 0 Å². The molecule has 4 N–H and O–H groups in total. The summed E-state index contributed by atoms with van der Waals surface area (Å²) in [6, 6.07) is 1.80. The van der Waals surface area contributed by atoms with Crippen molar-refractivity contribution in [3.63, 3.8) is 0 Å². The van der Waals surface area contributed by atoms with Crippen molar-refractivity contribution in [2.24, 2.45) is 0 Å². The minimum Gasteiger partial charge on any atom is -0.394 e. The molecule has 0 fully saturated rings. The predicted molar refractivity (Wildman–Crippen MR) is 55.5 cm³/mol. The Balaban J connectivity index is 3.06. The number of rotatable bonds is 3. The summed E-state index contributed by atoms with van der Waals surface area (Å²) in [7, 11) is 0. The van der Waals surface area contributed by atoms with Crippen molar-refractivity contribution in [1.82, 2.24) is 0 Å². The van der Waals surface area contributed by atoms with E-state index in [0.717, 1.165) is 12.1 Å². The highest BCUT2D eigenvalue weighted by Crippen LogP contribution is 2.24. The van der Waals surface area contributed by atoms with E-state index in [1.807, 2.05) is 0 Å². The summed E-state index contributed by atoms with van der Waals surface area (Å²) < 4.78 is 26.0. The number of aliphatic hydroxyl groups is 2. The molecule has 0 aliphatic heterocycles. The molecule has 6 heteroatoms. The third kappa shape index (κ3) is 2.64. The molecule has 1 rings (SSSR count). The van der Waals surface area contributed by atoms with Gasteiger partial charge in [0.2, 0.25) is 0 Å². The Labute approximate surface area is 93.7 Å². The number of nitrogens with two attached hydrogens (primary N) is 1. The van der Waals surface area contributed by atoms with Crippen molar-refractivity contribution in [2.45, 2.75) is 12.2 Å². The zero-order valence-corrected chi connectivity index (χ0v) is 9.21. The van der Waals surface area contributed by atoms with Gasteiger partial charge in [0.25, 0.3) is 0 Å². The maximum atomic E-state index is 13.0. The summed E-state index contributed by atoms with van der Waals surface area (Å²) in [5.74, 6) is -1.91. The summed E-state index contributed by atoms with van der Waals surface area (Å²) in [5.41, 5.74) is 4.41. The lowest BCUT2D eigenvalue weighted by Crippen LogP contribution is -2.20. The Morgan fingerprint density at radius 3 is 2.13 bits per heavy atom. The molecular formula is C9H10BrF2NO2. The molecule has 0 heterocycles. The van der Waals surface area contributed by atoms with E-state index < -0.39 is 29.5 Å². The first kappa shape index (κ1) is 12.4. The number of hydrogen-bond donors (Lipinski definition) is 3. The van der Waals surface area contributed by atoms with Crippen molar-refractivity contribution in [3.8, 4) is 0 Å². The lowest BCUT2D eigenvalue weighted by Gasteiger charge is -2.16. The zero-order valence-electron chi connectivity index (χ0n) is 7.62. The number of hydrogen-bond acceptors (Lipinski definition) is 3. The number of halogens is 3. The number of nitrogen functional groups attached to an aromatic ring is 1. The Morgan fingerprint density at radius 1 is 1.27 bits per heavy atom. The van der Waals surface area contributed by atoms with Gasteiger partial charge in [-0.05, 0) is 17.7 Å². The zero-order chi connectivity index (χ0) is 11.6. The lowest BCUT2D eigenvalue weighted by atomic mass is 10.0. The van der Waals surface area contributed by atoms with Crippen molar-refractivity contribution in [2.75, 3.05) is 11.1 Å². The Kier molecular flexibility index (Phi) is 4.01. The topological polar surface area (TPSA) is 66.5 Å². The second-order valence-corrected chi connectivity index (χ2v) is 3.71. The predicted octanol–water partition coefficient (Wildman–Crippen LogP) is 1.34. The maximum Gasteiger partial charge on any atom is 0.149 e. The molecule has 15 heavy (non-hydrogen) atoms. The molecule has 0 aliphatic rings. The van der Waals surface area contributed by atoms with E-state index in [1.165, 1.54) is 0 Å². The van der Waals surface area contributed by atoms with Crippen LogP contribution in [0.5, 0.6) is 0 Å². The van der Waals surface area contributed by atoms with Gasteiger partial charge in [-0.1, -0.05) is 15.9 Å². The first-order valence-corrected chi connectivity index (χ1v) is 5.26. The van der Waals surface area contributed by atoms with Gasteiger partial charge in [-0.15, -0.1) is 0 Å². The van der Waals surface area contributed by atoms with Gasteiger partial charge in [-0.25, -0.2) is 8.78 Å². The molecule has 1 aromatic rings. The van der Waals surface area contributed by atoms with E-state index in [4.69, 9.17) is 5.73 Å². The molecule has 3 nitrogen and oxygen atoms in total. The van der Waals surface area contributed by atoms with E-state index in [-0.39, 0.29) is 10.9 Å². The van der Waals surface area contributed by atoms with Crippen LogP contribution in [0.25, 0.3) is 0 Å². The van der Waals surface area contributed by atoms with Gasteiger partial charge in [-0.2, -0.15) is 0 Å². The SMILES string of the molecule is Nc1c(F)cc(C(O)C(O)CBr)cc1F. The van der Waals surface area contributed by atoms with Crippen molar-refractivity contribution in [3.05, 3.63) is 29.3 Å². The quantitative estimate of drug-likeness (QED) is 0.579. The Bertz CT molecular complexity index is 339. The van der Waals surface area contributed by atoms with Crippen LogP contribution >= 0.6 is 15.9 Å². The van der Waals surface area contributed by atoms with Gasteiger partial charge in [-0.3, -0.25) is 0 Å². The molecule has 0 aliphatic carbocycles. The molecule has 84 valence electrons. The first-order valence-electron chi connectivity index (χ1n) is 4.14. The summed E-state index contributed by atoms with van der Waals surface area (Å²) in [6.07, 6.45) is -2.48. The van der Waals surface area contributed by atoms with Crippen LogP contribution in [0.15, 0.2) is 12.1 Å². The molecule has 2 atom stereocenters. The molecule has 0 spiro atoms. The van der Waals surface area contributed by atoms with E-state index in [1.54, 1.807) is 0 Å². The van der Waals surface area contributed by atoms with E-state index in [2.05, 4.69) is 15.9 Å². The fraction of sp³-hybridized carbons (Fsp3) is 0.333. The maximum absolute atomic E-state index is 13.0. The highest BCUT2D eigenvalue weighted by Gasteiger charge is 2.20. The van der Waals surface area contributed by atoms with Crippen LogP contribution in [0.3, 0.4) is 0 Å². The van der Waals surface area contributed by atoms with Crippen LogP contribution in [0.2, 0.25) is 0 Å². The first-order chi connectivity index (χ1) is 6.97. The highest BCUT2D eigenvalue weighted by molar-refractivity contribution is 9.09. The van der Waals surface area contributed by atoms with Crippen molar-refractivity contribution < 1.29 is 19.0 Å². The average Bonchev–Trinajstić information content (AvgIpc) is 2.23. The van der Waals surface area contributed by atoms with Crippen molar-refractivity contribution >= 4 is 21.6 Å². The minimum absolute atomic E-state index is 0.0499. The van der Waals surface area contributed by atoms with Gasteiger partial charge < -0.3 is 15.9 Å². The average molecular weight is 282 g/mol. The summed E-state index contributed by atoms with van der Waals surface area (Å²) in [5, 5.41) is 18.8. The molecule has 0 amide bonds. The molecular weight excluding hydrogens is 272 g/mol. The third-order valence-electron chi connectivity index (χ3n) is 1.97. The monoisotopic (exact) mass is 281 g/mol. The van der Waals surface area contributed by atoms with Gasteiger partial charge in [0.05, 0.1) is 6.10 Å². The van der Waals surface area contributed by atoms with Crippen LogP contribution in [0, 0.1) is 11.6 Å². The van der Waals surface area contributed by atoms with E-state index in [9.17, 15) is 19.0 Å². The van der Waals surface area contributed by atoms with Gasteiger partial charge >= 0.3 is 0 Å². The number of alkyl halides is 1. The smallest absolute Gasteiger partial charge is 0.149 e. The van der Waals surface area contributed by atoms with Crippen LogP contribution in [-0.4, -0.2) is 21.6 Å². The number of anilines is 1. The standard InChI is InChI=1S/C9H10BrF2NO2/c10-3-7(14)9(15)4-1-5(11)8(13)6(12)2-4/h1-2,7,9,14-15H,3,13H2. The fourth-order valence-corrected chi connectivity index (χ4v) is 1.44.